The Labute approximate surface area is 164 Å². The molecule has 0 bridgehead atoms. The van der Waals surface area contributed by atoms with E-state index in [4.69, 9.17) is 16.3 Å². The molecule has 2 aromatic carbocycles. The van der Waals surface area contributed by atoms with Crippen molar-refractivity contribution >= 4 is 44.2 Å². The van der Waals surface area contributed by atoms with E-state index < -0.39 is 11.7 Å². The van der Waals surface area contributed by atoms with Crippen molar-refractivity contribution in [3.63, 3.8) is 0 Å². The number of anilines is 1. The van der Waals surface area contributed by atoms with E-state index in [2.05, 4.69) is 21.3 Å². The largest absolute Gasteiger partial charge is 0.379 e. The topological polar surface area (TPSA) is 54.5 Å². The van der Waals surface area contributed by atoms with Crippen molar-refractivity contribution in [2.75, 3.05) is 31.6 Å². The van der Waals surface area contributed by atoms with Gasteiger partial charge in [0.25, 0.3) is 5.91 Å². The van der Waals surface area contributed by atoms with Gasteiger partial charge in [-0.15, -0.1) is 0 Å². The third-order valence-corrected chi connectivity index (χ3v) is 5.62. The average Bonchev–Trinajstić information content (AvgIpc) is 3.04. The number of thiazole rings is 1. The summed E-state index contributed by atoms with van der Waals surface area (Å²) in [6.45, 7) is 4.22. The van der Waals surface area contributed by atoms with Crippen molar-refractivity contribution in [1.29, 1.82) is 0 Å². The molecular formula is C19H17ClFN3O2S. The van der Waals surface area contributed by atoms with Gasteiger partial charge in [-0.3, -0.25) is 15.0 Å². The number of hydrogen-bond acceptors (Lipinski definition) is 5. The minimum atomic E-state index is -0.658. The molecule has 1 aliphatic heterocycles. The zero-order chi connectivity index (χ0) is 18.8. The van der Waals surface area contributed by atoms with Crippen molar-refractivity contribution in [1.82, 2.24) is 9.88 Å². The smallest absolute Gasteiger partial charge is 0.261 e. The van der Waals surface area contributed by atoms with E-state index in [1.54, 1.807) is 0 Å². The molecular weight excluding hydrogens is 389 g/mol. The van der Waals surface area contributed by atoms with Crippen LogP contribution in [0, 0.1) is 5.82 Å². The van der Waals surface area contributed by atoms with Crippen LogP contribution in [0.5, 0.6) is 0 Å². The normalized spacial score (nSPS) is 15.2. The van der Waals surface area contributed by atoms with Gasteiger partial charge in [-0.2, -0.15) is 0 Å². The summed E-state index contributed by atoms with van der Waals surface area (Å²) in [5, 5.41) is 3.13. The predicted octanol–water partition coefficient (Wildman–Crippen LogP) is 4.17. The number of aromatic nitrogens is 1. The molecule has 0 saturated carbocycles. The molecule has 8 heteroatoms. The second-order valence-electron chi connectivity index (χ2n) is 6.26. The zero-order valence-corrected chi connectivity index (χ0v) is 15.9. The molecule has 1 fully saturated rings. The monoisotopic (exact) mass is 405 g/mol. The van der Waals surface area contributed by atoms with Gasteiger partial charge in [-0.25, -0.2) is 9.37 Å². The second-order valence-corrected chi connectivity index (χ2v) is 7.70. The molecule has 0 aliphatic carbocycles. The summed E-state index contributed by atoms with van der Waals surface area (Å²) in [7, 11) is 0. The molecule has 2 heterocycles. The standard InChI is InChI=1S/C19H17ClFN3O2S/c20-13-2-1-3-14(21)17(13)18(25)23-19-22-15-5-4-12(10-16(15)27-19)11-24-6-8-26-9-7-24/h1-5,10H,6-9,11H2,(H,22,23,25). The van der Waals surface area contributed by atoms with Crippen LogP contribution in [0.3, 0.4) is 0 Å². The highest BCUT2D eigenvalue weighted by Gasteiger charge is 2.18. The third kappa shape index (κ3) is 4.11. The molecule has 1 N–H and O–H groups in total. The summed E-state index contributed by atoms with van der Waals surface area (Å²) < 4.78 is 20.3. The first kappa shape index (κ1) is 18.3. The van der Waals surface area contributed by atoms with Gasteiger partial charge < -0.3 is 4.74 Å². The summed E-state index contributed by atoms with van der Waals surface area (Å²) in [6, 6.07) is 10.2. The Morgan fingerprint density at radius 2 is 2.11 bits per heavy atom. The number of rotatable bonds is 4. The van der Waals surface area contributed by atoms with Gasteiger partial charge in [0.05, 0.1) is 34.0 Å². The number of fused-ring (bicyclic) bond motifs is 1. The Morgan fingerprint density at radius 1 is 1.30 bits per heavy atom. The molecule has 0 spiro atoms. The summed E-state index contributed by atoms with van der Waals surface area (Å²) in [6.07, 6.45) is 0. The molecule has 0 radical (unpaired) electrons. The molecule has 0 unspecified atom stereocenters. The lowest BCUT2D eigenvalue weighted by atomic mass is 10.2. The second kappa shape index (κ2) is 7.90. The molecule has 1 aromatic heterocycles. The van der Waals surface area contributed by atoms with Crippen LogP contribution >= 0.6 is 22.9 Å². The molecule has 5 nitrogen and oxygen atoms in total. The molecule has 1 saturated heterocycles. The first-order valence-electron chi connectivity index (χ1n) is 8.55. The minimum Gasteiger partial charge on any atom is -0.379 e. The van der Waals surface area contributed by atoms with E-state index in [0.717, 1.165) is 43.1 Å². The van der Waals surface area contributed by atoms with E-state index in [-0.39, 0.29) is 10.6 Å². The van der Waals surface area contributed by atoms with Gasteiger partial charge in [0.15, 0.2) is 5.13 Å². The van der Waals surface area contributed by atoms with Crippen LogP contribution < -0.4 is 5.32 Å². The number of hydrogen-bond donors (Lipinski definition) is 1. The van der Waals surface area contributed by atoms with Crippen molar-refractivity contribution in [2.45, 2.75) is 6.54 Å². The fourth-order valence-corrected chi connectivity index (χ4v) is 4.19. The first-order chi connectivity index (χ1) is 13.1. The molecule has 0 atom stereocenters. The van der Waals surface area contributed by atoms with E-state index in [1.807, 2.05) is 12.1 Å². The van der Waals surface area contributed by atoms with Crippen LogP contribution in [-0.4, -0.2) is 42.1 Å². The fourth-order valence-electron chi connectivity index (χ4n) is 3.01. The van der Waals surface area contributed by atoms with Gasteiger partial charge in [0, 0.05) is 19.6 Å². The number of nitrogens with one attached hydrogen (secondary N) is 1. The Hall–Kier alpha value is -2.06. The Balaban J connectivity index is 1.52. The maximum absolute atomic E-state index is 13.9. The summed E-state index contributed by atoms with van der Waals surface area (Å²) in [5.74, 6) is -1.26. The van der Waals surface area contributed by atoms with Crippen LogP contribution in [-0.2, 0) is 11.3 Å². The highest BCUT2D eigenvalue weighted by molar-refractivity contribution is 7.22. The summed E-state index contributed by atoms with van der Waals surface area (Å²) in [4.78, 5) is 19.1. The van der Waals surface area contributed by atoms with Gasteiger partial charge in [0.1, 0.15) is 5.82 Å². The van der Waals surface area contributed by atoms with Gasteiger partial charge in [-0.1, -0.05) is 35.1 Å². The summed E-state index contributed by atoms with van der Waals surface area (Å²) >= 11 is 7.31. The minimum absolute atomic E-state index is 0.0707. The fraction of sp³-hybridized carbons (Fsp3) is 0.263. The SMILES string of the molecule is O=C(Nc1nc2ccc(CN3CCOCC3)cc2s1)c1c(F)cccc1Cl. The number of ether oxygens (including phenoxy) is 1. The van der Waals surface area contributed by atoms with Crippen LogP contribution in [0.4, 0.5) is 9.52 Å². The molecule has 1 amide bonds. The number of halogens is 2. The van der Waals surface area contributed by atoms with Crippen molar-refractivity contribution < 1.29 is 13.9 Å². The quantitative estimate of drug-likeness (QED) is 0.707. The highest BCUT2D eigenvalue weighted by atomic mass is 35.5. The van der Waals surface area contributed by atoms with Gasteiger partial charge >= 0.3 is 0 Å². The number of nitrogens with zero attached hydrogens (tertiary/aromatic N) is 2. The Kier molecular flexibility index (Phi) is 5.36. The van der Waals surface area contributed by atoms with E-state index >= 15 is 0 Å². The number of carbonyl (C=O) groups is 1. The van der Waals surface area contributed by atoms with E-state index in [0.29, 0.717) is 5.13 Å². The van der Waals surface area contributed by atoms with Crippen LogP contribution in [0.1, 0.15) is 15.9 Å². The lowest BCUT2D eigenvalue weighted by Crippen LogP contribution is -2.35. The maximum Gasteiger partial charge on any atom is 0.261 e. The third-order valence-electron chi connectivity index (χ3n) is 4.37. The number of amides is 1. The lowest BCUT2D eigenvalue weighted by Gasteiger charge is -2.26. The number of carbonyl (C=O) groups excluding carboxylic acids is 1. The molecule has 140 valence electrons. The number of benzene rings is 2. The first-order valence-corrected chi connectivity index (χ1v) is 9.74. The van der Waals surface area contributed by atoms with E-state index in [9.17, 15) is 9.18 Å². The van der Waals surface area contributed by atoms with Crippen LogP contribution in [0.25, 0.3) is 10.2 Å². The zero-order valence-electron chi connectivity index (χ0n) is 14.4. The molecule has 4 rings (SSSR count). The van der Waals surface area contributed by atoms with Crippen molar-refractivity contribution in [2.24, 2.45) is 0 Å². The van der Waals surface area contributed by atoms with Crippen LogP contribution in [0.2, 0.25) is 5.02 Å². The van der Waals surface area contributed by atoms with E-state index in [1.165, 1.54) is 35.1 Å². The summed E-state index contributed by atoms with van der Waals surface area (Å²) in [5.41, 5.74) is 1.80. The Bertz CT molecular complexity index is 968. The Morgan fingerprint density at radius 3 is 2.89 bits per heavy atom. The highest BCUT2D eigenvalue weighted by Crippen LogP contribution is 2.28. The molecule has 1 aliphatic rings. The predicted molar refractivity (Wildman–Crippen MR) is 105 cm³/mol. The maximum atomic E-state index is 13.9. The molecule has 27 heavy (non-hydrogen) atoms. The average molecular weight is 406 g/mol. The molecule has 3 aromatic rings. The van der Waals surface area contributed by atoms with Gasteiger partial charge in [0.2, 0.25) is 0 Å². The van der Waals surface area contributed by atoms with Gasteiger partial charge in [-0.05, 0) is 29.8 Å². The van der Waals surface area contributed by atoms with Crippen molar-refractivity contribution in [3.8, 4) is 0 Å². The lowest BCUT2D eigenvalue weighted by molar-refractivity contribution is 0.0342. The number of morpholine rings is 1. The van der Waals surface area contributed by atoms with Crippen LogP contribution in [0.15, 0.2) is 36.4 Å². The van der Waals surface area contributed by atoms with Crippen molar-refractivity contribution in [3.05, 3.63) is 58.4 Å².